The SMILES string of the molecule is O=C1CCC(N2Cc3cc(-c4cc(CN5CC6CC6(c6ccccc6)C5)ccn4)ccc3C2=O)C(=O)N1. The van der Waals surface area contributed by atoms with Crippen LogP contribution < -0.4 is 5.32 Å². The van der Waals surface area contributed by atoms with E-state index in [-0.39, 0.29) is 24.1 Å². The number of piperidine rings is 2. The van der Waals surface area contributed by atoms with E-state index < -0.39 is 6.04 Å². The maximum absolute atomic E-state index is 13.0. The Bertz CT molecular complexity index is 1440. The molecule has 3 fully saturated rings. The monoisotopic (exact) mass is 492 g/mol. The van der Waals surface area contributed by atoms with Crippen molar-refractivity contribution in [1.82, 2.24) is 20.1 Å². The van der Waals surface area contributed by atoms with Crippen LogP contribution in [0.15, 0.2) is 66.9 Å². The second-order valence-corrected chi connectivity index (χ2v) is 10.9. The summed E-state index contributed by atoms with van der Waals surface area (Å²) in [6, 6.07) is 20.3. The second-order valence-electron chi connectivity index (χ2n) is 10.9. The van der Waals surface area contributed by atoms with Crippen LogP contribution in [0.1, 0.15) is 46.3 Å². The molecule has 4 aliphatic rings. The normalized spacial score (nSPS) is 26.7. The Morgan fingerprint density at radius 3 is 2.73 bits per heavy atom. The summed E-state index contributed by atoms with van der Waals surface area (Å²) in [5.41, 5.74) is 6.39. The van der Waals surface area contributed by atoms with E-state index in [9.17, 15) is 14.4 Å². The molecule has 1 N–H and O–H groups in total. The standard InChI is InChI=1S/C30H28N4O3/c35-27-9-8-26(28(36)32-27)34-16-21-13-20(6-7-24(21)29(34)37)25-12-19(10-11-31-25)15-33-17-23-14-30(23,18-33)22-4-2-1-3-5-22/h1-7,10-13,23,26H,8-9,14-18H2,(H,32,35,36). The van der Waals surface area contributed by atoms with Gasteiger partial charge in [-0.1, -0.05) is 36.4 Å². The van der Waals surface area contributed by atoms with E-state index in [1.54, 1.807) is 4.90 Å². The summed E-state index contributed by atoms with van der Waals surface area (Å²) in [7, 11) is 0. The first-order valence-electron chi connectivity index (χ1n) is 13.0. The summed E-state index contributed by atoms with van der Waals surface area (Å²) in [4.78, 5) is 45.6. The molecule has 1 saturated carbocycles. The molecule has 3 atom stereocenters. The summed E-state index contributed by atoms with van der Waals surface area (Å²) >= 11 is 0. The highest BCUT2D eigenvalue weighted by atomic mass is 16.2. The molecule has 2 aromatic carbocycles. The molecule has 37 heavy (non-hydrogen) atoms. The van der Waals surface area contributed by atoms with Crippen LogP contribution in [0, 0.1) is 5.92 Å². The Morgan fingerprint density at radius 2 is 1.89 bits per heavy atom. The summed E-state index contributed by atoms with van der Waals surface area (Å²) < 4.78 is 0. The highest BCUT2D eigenvalue weighted by Crippen LogP contribution is 2.59. The van der Waals surface area contributed by atoms with E-state index in [0.29, 0.717) is 23.9 Å². The summed E-state index contributed by atoms with van der Waals surface area (Å²) in [6.45, 7) is 3.48. The molecule has 0 radical (unpaired) electrons. The number of likely N-dealkylation sites (tertiary alicyclic amines) is 1. The smallest absolute Gasteiger partial charge is 0.255 e. The Morgan fingerprint density at radius 1 is 1.03 bits per heavy atom. The fraction of sp³-hybridized carbons (Fsp3) is 0.333. The highest BCUT2D eigenvalue weighted by molar-refractivity contribution is 6.05. The third-order valence-electron chi connectivity index (χ3n) is 8.61. The number of amides is 3. The average molecular weight is 493 g/mol. The van der Waals surface area contributed by atoms with E-state index in [0.717, 1.165) is 42.4 Å². The number of fused-ring (bicyclic) bond motifs is 2. The van der Waals surface area contributed by atoms with Gasteiger partial charge in [-0.3, -0.25) is 29.6 Å². The van der Waals surface area contributed by atoms with Crippen molar-refractivity contribution >= 4 is 17.7 Å². The number of aromatic nitrogens is 1. The minimum Gasteiger partial charge on any atom is -0.322 e. The van der Waals surface area contributed by atoms with Crippen LogP contribution >= 0.6 is 0 Å². The van der Waals surface area contributed by atoms with Crippen LogP contribution in [0.25, 0.3) is 11.3 Å². The molecule has 3 aromatic rings. The van der Waals surface area contributed by atoms with Crippen molar-refractivity contribution in [3.05, 3.63) is 89.1 Å². The first-order valence-corrected chi connectivity index (χ1v) is 13.0. The molecule has 0 bridgehead atoms. The van der Waals surface area contributed by atoms with Crippen LogP contribution in [0.4, 0.5) is 0 Å². The molecular formula is C30H28N4O3. The van der Waals surface area contributed by atoms with Gasteiger partial charge in [-0.15, -0.1) is 0 Å². The lowest BCUT2D eigenvalue weighted by Crippen LogP contribution is -2.52. The number of benzene rings is 2. The van der Waals surface area contributed by atoms with Gasteiger partial charge < -0.3 is 4.90 Å². The van der Waals surface area contributed by atoms with E-state index in [1.165, 1.54) is 17.5 Å². The van der Waals surface area contributed by atoms with E-state index in [4.69, 9.17) is 0 Å². The zero-order chi connectivity index (χ0) is 25.1. The van der Waals surface area contributed by atoms with Crippen LogP contribution in [0.5, 0.6) is 0 Å². The van der Waals surface area contributed by atoms with E-state index >= 15 is 0 Å². The topological polar surface area (TPSA) is 82.6 Å². The van der Waals surface area contributed by atoms with Crippen molar-refractivity contribution in [2.75, 3.05) is 13.1 Å². The molecule has 1 aliphatic carbocycles. The van der Waals surface area contributed by atoms with Crippen molar-refractivity contribution in [2.24, 2.45) is 5.92 Å². The molecule has 0 spiro atoms. The third kappa shape index (κ3) is 3.76. The van der Waals surface area contributed by atoms with Crippen LogP contribution in [0.2, 0.25) is 0 Å². The number of nitrogens with one attached hydrogen (secondary N) is 1. The van der Waals surface area contributed by atoms with E-state index in [1.807, 2.05) is 24.4 Å². The van der Waals surface area contributed by atoms with Gasteiger partial charge in [-0.25, -0.2) is 0 Å². The van der Waals surface area contributed by atoms with Crippen molar-refractivity contribution in [3.63, 3.8) is 0 Å². The fourth-order valence-electron chi connectivity index (χ4n) is 6.65. The van der Waals surface area contributed by atoms with Crippen molar-refractivity contribution in [3.8, 4) is 11.3 Å². The quantitative estimate of drug-likeness (QED) is 0.553. The number of rotatable bonds is 5. The molecule has 4 heterocycles. The number of pyridine rings is 1. The molecule has 2 saturated heterocycles. The lowest BCUT2D eigenvalue weighted by atomic mass is 9.95. The second kappa shape index (κ2) is 8.35. The number of hydrogen-bond donors (Lipinski definition) is 1. The lowest BCUT2D eigenvalue weighted by Gasteiger charge is -2.29. The van der Waals surface area contributed by atoms with Crippen molar-refractivity contribution in [2.45, 2.75) is 43.8 Å². The van der Waals surface area contributed by atoms with Gasteiger partial charge >= 0.3 is 0 Å². The minimum atomic E-state index is -0.603. The molecule has 3 aliphatic heterocycles. The molecule has 3 amide bonds. The van der Waals surface area contributed by atoms with Gasteiger partial charge in [0.2, 0.25) is 11.8 Å². The molecule has 7 heteroatoms. The predicted octanol–water partition coefficient (Wildman–Crippen LogP) is 3.28. The van der Waals surface area contributed by atoms with E-state index in [2.05, 4.69) is 57.7 Å². The van der Waals surface area contributed by atoms with Crippen LogP contribution in [-0.2, 0) is 28.1 Å². The number of carbonyl (C=O) groups is 3. The van der Waals surface area contributed by atoms with Gasteiger partial charge in [0.1, 0.15) is 6.04 Å². The largest absolute Gasteiger partial charge is 0.322 e. The number of nitrogens with zero attached hydrogens (tertiary/aromatic N) is 3. The van der Waals surface area contributed by atoms with Gasteiger partial charge in [0.05, 0.1) is 5.69 Å². The van der Waals surface area contributed by atoms with Crippen LogP contribution in [0.3, 0.4) is 0 Å². The maximum Gasteiger partial charge on any atom is 0.255 e. The third-order valence-corrected chi connectivity index (χ3v) is 8.61. The Balaban J connectivity index is 1.07. The first-order chi connectivity index (χ1) is 18.0. The zero-order valence-electron chi connectivity index (χ0n) is 20.5. The van der Waals surface area contributed by atoms with Gasteiger partial charge in [0, 0.05) is 55.3 Å². The number of hydrogen-bond acceptors (Lipinski definition) is 5. The predicted molar refractivity (Wildman–Crippen MR) is 137 cm³/mol. The summed E-state index contributed by atoms with van der Waals surface area (Å²) in [6.07, 6.45) is 3.77. The average Bonchev–Trinajstić information content (AvgIpc) is 3.33. The Kier molecular flexibility index (Phi) is 5.05. The van der Waals surface area contributed by atoms with Crippen molar-refractivity contribution < 1.29 is 14.4 Å². The Hall–Kier alpha value is -3.84. The maximum atomic E-state index is 13.0. The lowest BCUT2D eigenvalue weighted by molar-refractivity contribution is -0.136. The molecule has 3 unspecified atom stereocenters. The molecular weight excluding hydrogens is 464 g/mol. The van der Waals surface area contributed by atoms with Crippen LogP contribution in [-0.4, -0.2) is 51.6 Å². The number of carbonyl (C=O) groups excluding carboxylic acids is 3. The van der Waals surface area contributed by atoms with Gasteiger partial charge in [0.15, 0.2) is 0 Å². The Labute approximate surface area is 215 Å². The zero-order valence-corrected chi connectivity index (χ0v) is 20.5. The molecule has 186 valence electrons. The van der Waals surface area contributed by atoms with Gasteiger partial charge in [-0.2, -0.15) is 0 Å². The number of imide groups is 1. The highest BCUT2D eigenvalue weighted by Gasteiger charge is 2.60. The summed E-state index contributed by atoms with van der Waals surface area (Å²) in [5.74, 6) is -0.0732. The molecule has 1 aromatic heterocycles. The summed E-state index contributed by atoms with van der Waals surface area (Å²) in [5, 5.41) is 2.36. The van der Waals surface area contributed by atoms with Gasteiger partial charge in [-0.05, 0) is 59.7 Å². The first kappa shape index (κ1) is 22.4. The fourth-order valence-corrected chi connectivity index (χ4v) is 6.65. The minimum absolute atomic E-state index is 0.155. The molecule has 7 nitrogen and oxygen atoms in total. The van der Waals surface area contributed by atoms with Gasteiger partial charge in [0.25, 0.3) is 5.91 Å². The van der Waals surface area contributed by atoms with Crippen molar-refractivity contribution in [1.29, 1.82) is 0 Å². The molecule has 7 rings (SSSR count).